The Morgan fingerprint density at radius 3 is 2.52 bits per heavy atom. The van der Waals surface area contributed by atoms with Gasteiger partial charge in [-0.05, 0) is 43.0 Å². The highest BCUT2D eigenvalue weighted by atomic mass is 32.2. The van der Waals surface area contributed by atoms with Gasteiger partial charge in [0.2, 0.25) is 10.0 Å². The Labute approximate surface area is 138 Å². The highest BCUT2D eigenvalue weighted by Crippen LogP contribution is 2.20. The van der Waals surface area contributed by atoms with Gasteiger partial charge in [-0.3, -0.25) is 0 Å². The molecular weight excluding hydrogens is 314 g/mol. The number of hydrogen-bond acceptors (Lipinski definition) is 3. The number of rotatable bonds is 4. The summed E-state index contributed by atoms with van der Waals surface area (Å²) in [6.45, 7) is 6.16. The molecule has 0 spiro atoms. The number of carbonyl (C=O) groups excluding carboxylic acids is 1. The van der Waals surface area contributed by atoms with Crippen molar-refractivity contribution >= 4 is 16.1 Å². The first-order chi connectivity index (χ1) is 10.8. The van der Waals surface area contributed by atoms with Gasteiger partial charge in [-0.25, -0.2) is 17.9 Å². The fourth-order valence-corrected chi connectivity index (χ4v) is 3.86. The van der Waals surface area contributed by atoms with Crippen LogP contribution in [0.2, 0.25) is 0 Å². The molecule has 128 valence electrons. The number of piperidine rings is 1. The van der Waals surface area contributed by atoms with Gasteiger partial charge in [0.15, 0.2) is 0 Å². The Morgan fingerprint density at radius 2 is 1.91 bits per heavy atom. The summed E-state index contributed by atoms with van der Waals surface area (Å²) in [4.78, 5) is 14.3. The minimum Gasteiger partial charge on any atom is -0.334 e. The lowest BCUT2D eigenvalue weighted by Crippen LogP contribution is -2.47. The van der Waals surface area contributed by atoms with Crippen LogP contribution in [0.3, 0.4) is 0 Å². The number of nitrogens with zero attached hydrogens (tertiary/aromatic N) is 1. The molecule has 0 aromatic heterocycles. The molecule has 1 aromatic rings. The summed E-state index contributed by atoms with van der Waals surface area (Å²) in [5, 5.41) is 2.88. The standard InChI is InChI=1S/C16H25N3O3S/c1-12-7-13(2)11-19(10-12)16(20)18-9-14-5-4-6-15(8-14)23(21,22)17-3/h4-6,8,12-13,17H,7,9-11H2,1-3H3,(H,18,20). The first-order valence-corrected chi connectivity index (χ1v) is 9.35. The third kappa shape index (κ3) is 4.68. The Balaban J connectivity index is 1.98. The first kappa shape index (κ1) is 17.7. The van der Waals surface area contributed by atoms with Crippen LogP contribution in [0.25, 0.3) is 0 Å². The van der Waals surface area contributed by atoms with Crippen LogP contribution in [0, 0.1) is 11.8 Å². The number of benzene rings is 1. The van der Waals surface area contributed by atoms with E-state index in [0.717, 1.165) is 25.1 Å². The van der Waals surface area contributed by atoms with Gasteiger partial charge in [0.05, 0.1) is 4.90 Å². The number of sulfonamides is 1. The summed E-state index contributed by atoms with van der Waals surface area (Å²) in [5.41, 5.74) is 0.757. The van der Waals surface area contributed by atoms with Gasteiger partial charge in [-0.15, -0.1) is 0 Å². The van der Waals surface area contributed by atoms with E-state index in [2.05, 4.69) is 23.9 Å². The minimum atomic E-state index is -3.47. The summed E-state index contributed by atoms with van der Waals surface area (Å²) < 4.78 is 25.9. The highest BCUT2D eigenvalue weighted by Gasteiger charge is 2.25. The van der Waals surface area contributed by atoms with E-state index >= 15 is 0 Å². The third-order valence-corrected chi connectivity index (χ3v) is 5.49. The molecule has 0 aliphatic carbocycles. The van der Waals surface area contributed by atoms with Gasteiger partial charge in [0.25, 0.3) is 0 Å². The molecule has 2 rings (SSSR count). The van der Waals surface area contributed by atoms with Gasteiger partial charge in [-0.2, -0.15) is 0 Å². The van der Waals surface area contributed by atoms with Crippen molar-refractivity contribution < 1.29 is 13.2 Å². The van der Waals surface area contributed by atoms with Crippen LogP contribution in [0.15, 0.2) is 29.2 Å². The quantitative estimate of drug-likeness (QED) is 0.878. The van der Waals surface area contributed by atoms with Gasteiger partial charge in [-0.1, -0.05) is 26.0 Å². The lowest BCUT2D eigenvalue weighted by molar-refractivity contribution is 0.146. The molecule has 1 aromatic carbocycles. The second-order valence-corrected chi connectivity index (χ2v) is 8.25. The van der Waals surface area contributed by atoms with E-state index in [-0.39, 0.29) is 10.9 Å². The van der Waals surface area contributed by atoms with E-state index < -0.39 is 10.0 Å². The van der Waals surface area contributed by atoms with Crippen LogP contribution in [0.5, 0.6) is 0 Å². The predicted molar refractivity (Wildman–Crippen MR) is 89.4 cm³/mol. The molecule has 6 nitrogen and oxygen atoms in total. The zero-order valence-electron chi connectivity index (χ0n) is 13.9. The van der Waals surface area contributed by atoms with Crippen LogP contribution >= 0.6 is 0 Å². The second-order valence-electron chi connectivity index (χ2n) is 6.36. The van der Waals surface area contributed by atoms with Crippen molar-refractivity contribution in [3.05, 3.63) is 29.8 Å². The fourth-order valence-electron chi connectivity index (χ4n) is 3.06. The summed E-state index contributed by atoms with van der Waals surface area (Å²) in [7, 11) is -2.09. The molecule has 2 atom stereocenters. The van der Waals surface area contributed by atoms with Crippen molar-refractivity contribution in [3.63, 3.8) is 0 Å². The molecule has 0 saturated carbocycles. The van der Waals surface area contributed by atoms with Crippen LogP contribution in [-0.2, 0) is 16.6 Å². The van der Waals surface area contributed by atoms with E-state index in [0.29, 0.717) is 18.4 Å². The SMILES string of the molecule is CNS(=O)(=O)c1cccc(CNC(=O)N2CC(C)CC(C)C2)c1. The average Bonchev–Trinajstić information content (AvgIpc) is 2.52. The van der Waals surface area contributed by atoms with Crippen molar-refractivity contribution in [2.45, 2.75) is 31.7 Å². The van der Waals surface area contributed by atoms with E-state index in [1.165, 1.54) is 13.1 Å². The molecule has 0 bridgehead atoms. The lowest BCUT2D eigenvalue weighted by Gasteiger charge is -2.34. The molecule has 2 amide bonds. The topological polar surface area (TPSA) is 78.5 Å². The number of likely N-dealkylation sites (tertiary alicyclic amines) is 1. The summed E-state index contributed by atoms with van der Waals surface area (Å²) in [6.07, 6.45) is 1.15. The molecule has 0 radical (unpaired) electrons. The number of carbonyl (C=O) groups is 1. The molecule has 7 heteroatoms. The van der Waals surface area contributed by atoms with E-state index in [4.69, 9.17) is 0 Å². The van der Waals surface area contributed by atoms with Crippen molar-refractivity contribution in [1.29, 1.82) is 0 Å². The fraction of sp³-hybridized carbons (Fsp3) is 0.562. The maximum absolute atomic E-state index is 12.3. The maximum atomic E-state index is 12.3. The van der Waals surface area contributed by atoms with Gasteiger partial charge >= 0.3 is 6.03 Å². The zero-order chi connectivity index (χ0) is 17.0. The molecular formula is C16H25N3O3S. The average molecular weight is 339 g/mol. The van der Waals surface area contributed by atoms with Gasteiger partial charge < -0.3 is 10.2 Å². The largest absolute Gasteiger partial charge is 0.334 e. The Morgan fingerprint density at radius 1 is 1.26 bits per heavy atom. The van der Waals surface area contributed by atoms with Crippen molar-refractivity contribution in [1.82, 2.24) is 14.9 Å². The van der Waals surface area contributed by atoms with E-state index in [1.54, 1.807) is 18.2 Å². The van der Waals surface area contributed by atoms with E-state index in [9.17, 15) is 13.2 Å². The minimum absolute atomic E-state index is 0.0923. The Bertz CT molecular complexity index is 650. The van der Waals surface area contributed by atoms with Crippen molar-refractivity contribution in [3.8, 4) is 0 Å². The number of amides is 2. The smallest absolute Gasteiger partial charge is 0.317 e. The monoisotopic (exact) mass is 339 g/mol. The van der Waals surface area contributed by atoms with Crippen molar-refractivity contribution in [2.24, 2.45) is 11.8 Å². The molecule has 2 N–H and O–H groups in total. The van der Waals surface area contributed by atoms with Crippen LogP contribution in [0.1, 0.15) is 25.8 Å². The number of hydrogen-bond donors (Lipinski definition) is 2. The van der Waals surface area contributed by atoms with Crippen molar-refractivity contribution in [2.75, 3.05) is 20.1 Å². The molecule has 2 unspecified atom stereocenters. The van der Waals surface area contributed by atoms with E-state index in [1.807, 2.05) is 4.90 Å². The van der Waals surface area contributed by atoms with Crippen LogP contribution in [-0.4, -0.2) is 39.5 Å². The third-order valence-electron chi connectivity index (χ3n) is 4.08. The predicted octanol–water partition coefficient (Wildman–Crippen LogP) is 1.78. The zero-order valence-corrected chi connectivity index (χ0v) is 14.7. The molecule has 1 heterocycles. The first-order valence-electron chi connectivity index (χ1n) is 7.87. The lowest BCUT2D eigenvalue weighted by atomic mass is 9.92. The summed E-state index contributed by atoms with van der Waals surface area (Å²) >= 11 is 0. The number of nitrogens with one attached hydrogen (secondary N) is 2. The molecule has 1 fully saturated rings. The molecule has 23 heavy (non-hydrogen) atoms. The summed E-state index contributed by atoms with van der Waals surface area (Å²) in [5.74, 6) is 1.02. The van der Waals surface area contributed by atoms with Crippen LogP contribution in [0.4, 0.5) is 4.79 Å². The van der Waals surface area contributed by atoms with Gasteiger partial charge in [0, 0.05) is 19.6 Å². The second kappa shape index (κ2) is 7.31. The number of urea groups is 1. The van der Waals surface area contributed by atoms with Gasteiger partial charge in [0.1, 0.15) is 0 Å². The summed E-state index contributed by atoms with van der Waals surface area (Å²) in [6, 6.07) is 6.50. The highest BCUT2D eigenvalue weighted by molar-refractivity contribution is 7.89. The normalized spacial score (nSPS) is 22.0. The Hall–Kier alpha value is -1.60. The maximum Gasteiger partial charge on any atom is 0.317 e. The molecule has 1 aliphatic heterocycles. The van der Waals surface area contributed by atoms with Crippen LogP contribution < -0.4 is 10.0 Å². The Kier molecular flexibility index (Phi) is 5.64. The molecule has 1 aliphatic rings. The molecule has 1 saturated heterocycles.